The number of nitrogens with zero attached hydrogens (tertiary/aromatic N) is 2. The van der Waals surface area contributed by atoms with E-state index >= 15 is 0 Å². The highest BCUT2D eigenvalue weighted by Gasteiger charge is 2.31. The summed E-state index contributed by atoms with van der Waals surface area (Å²) in [5.74, 6) is 1.90. The molecule has 5 nitrogen and oxygen atoms in total. The highest BCUT2D eigenvalue weighted by molar-refractivity contribution is 5.00. The molecule has 0 aliphatic heterocycles. The lowest BCUT2D eigenvalue weighted by atomic mass is 9.88. The fourth-order valence-electron chi connectivity index (χ4n) is 2.23. The molecule has 0 fully saturated rings. The minimum absolute atomic E-state index is 0.0772. The molecule has 0 amide bonds. The quantitative estimate of drug-likeness (QED) is 0.859. The number of rotatable bonds is 6. The first-order valence-electron chi connectivity index (χ1n) is 6.86. The highest BCUT2D eigenvalue weighted by Crippen LogP contribution is 2.34. The van der Waals surface area contributed by atoms with Crippen LogP contribution in [0.1, 0.15) is 64.8 Å². The standard InChI is InChI=1S/C14H27N3O2/c1-9(2)7-10(8-15)13-16-12(17-19-13)11(18-6)14(3,4)5/h9-11H,7-8,15H2,1-6H3. The summed E-state index contributed by atoms with van der Waals surface area (Å²) in [5, 5.41) is 4.06. The molecule has 0 saturated heterocycles. The third-order valence-corrected chi connectivity index (χ3v) is 3.10. The first-order valence-corrected chi connectivity index (χ1v) is 6.86. The molecule has 0 aliphatic rings. The van der Waals surface area contributed by atoms with Crippen LogP contribution in [0, 0.1) is 11.3 Å². The van der Waals surface area contributed by atoms with Crippen LogP contribution in [0.25, 0.3) is 0 Å². The van der Waals surface area contributed by atoms with Crippen molar-refractivity contribution in [1.29, 1.82) is 0 Å². The van der Waals surface area contributed by atoms with E-state index < -0.39 is 0 Å². The van der Waals surface area contributed by atoms with Gasteiger partial charge in [0, 0.05) is 13.7 Å². The van der Waals surface area contributed by atoms with Gasteiger partial charge in [0.25, 0.3) is 0 Å². The summed E-state index contributed by atoms with van der Waals surface area (Å²) in [6.45, 7) is 11.1. The molecule has 1 aromatic rings. The Morgan fingerprint density at radius 3 is 2.37 bits per heavy atom. The van der Waals surface area contributed by atoms with Crippen LogP contribution in [0.5, 0.6) is 0 Å². The van der Waals surface area contributed by atoms with Gasteiger partial charge in [-0.1, -0.05) is 39.8 Å². The van der Waals surface area contributed by atoms with Gasteiger partial charge >= 0.3 is 0 Å². The van der Waals surface area contributed by atoms with Crippen LogP contribution in [0.3, 0.4) is 0 Å². The van der Waals surface area contributed by atoms with Crippen LogP contribution in [0.15, 0.2) is 4.52 Å². The van der Waals surface area contributed by atoms with Crippen molar-refractivity contribution in [2.24, 2.45) is 17.1 Å². The van der Waals surface area contributed by atoms with E-state index in [4.69, 9.17) is 15.0 Å². The van der Waals surface area contributed by atoms with Gasteiger partial charge in [-0.3, -0.25) is 0 Å². The Morgan fingerprint density at radius 2 is 1.95 bits per heavy atom. The van der Waals surface area contributed by atoms with Gasteiger partial charge in [-0.25, -0.2) is 0 Å². The molecule has 2 unspecified atom stereocenters. The lowest BCUT2D eigenvalue weighted by Crippen LogP contribution is -2.21. The van der Waals surface area contributed by atoms with Gasteiger partial charge in [-0.2, -0.15) is 4.98 Å². The van der Waals surface area contributed by atoms with Crippen molar-refractivity contribution in [2.45, 2.75) is 53.1 Å². The molecule has 5 heteroatoms. The number of nitrogens with two attached hydrogens (primary N) is 1. The minimum Gasteiger partial charge on any atom is -0.373 e. The van der Waals surface area contributed by atoms with Crippen molar-refractivity contribution in [3.63, 3.8) is 0 Å². The Balaban J connectivity index is 2.91. The number of hydrogen-bond donors (Lipinski definition) is 1. The average Bonchev–Trinajstić information content (AvgIpc) is 2.73. The van der Waals surface area contributed by atoms with Gasteiger partial charge in [-0.15, -0.1) is 0 Å². The normalized spacial score (nSPS) is 15.8. The van der Waals surface area contributed by atoms with Crippen molar-refractivity contribution in [3.05, 3.63) is 11.7 Å². The molecule has 2 N–H and O–H groups in total. The zero-order valence-corrected chi connectivity index (χ0v) is 12.9. The molecule has 1 aromatic heterocycles. The average molecular weight is 269 g/mol. The second-order valence-electron chi connectivity index (χ2n) is 6.53. The predicted molar refractivity (Wildman–Crippen MR) is 74.8 cm³/mol. The number of ether oxygens (including phenoxy) is 1. The smallest absolute Gasteiger partial charge is 0.231 e. The fraction of sp³-hybridized carbons (Fsp3) is 0.857. The summed E-state index contributed by atoms with van der Waals surface area (Å²) in [5.41, 5.74) is 5.72. The monoisotopic (exact) mass is 269 g/mol. The second-order valence-corrected chi connectivity index (χ2v) is 6.53. The molecule has 0 spiro atoms. The molecule has 19 heavy (non-hydrogen) atoms. The molecular weight excluding hydrogens is 242 g/mol. The van der Waals surface area contributed by atoms with E-state index in [1.165, 1.54) is 0 Å². The number of aromatic nitrogens is 2. The van der Waals surface area contributed by atoms with Crippen LogP contribution in [-0.2, 0) is 4.74 Å². The Morgan fingerprint density at radius 1 is 1.32 bits per heavy atom. The zero-order chi connectivity index (χ0) is 14.6. The third-order valence-electron chi connectivity index (χ3n) is 3.10. The summed E-state index contributed by atoms with van der Waals surface area (Å²) in [6, 6.07) is 0. The summed E-state index contributed by atoms with van der Waals surface area (Å²) < 4.78 is 10.9. The third kappa shape index (κ3) is 4.28. The van der Waals surface area contributed by atoms with Crippen LogP contribution in [0.2, 0.25) is 0 Å². The van der Waals surface area contributed by atoms with Gasteiger partial charge in [-0.05, 0) is 17.8 Å². The number of methoxy groups -OCH3 is 1. The van der Waals surface area contributed by atoms with E-state index in [0.717, 1.165) is 6.42 Å². The molecule has 0 radical (unpaired) electrons. The van der Waals surface area contributed by atoms with Crippen molar-refractivity contribution < 1.29 is 9.26 Å². The molecule has 110 valence electrons. The Labute approximate surface area is 115 Å². The molecular formula is C14H27N3O2. The Kier molecular flexibility index (Phi) is 5.50. The van der Waals surface area contributed by atoms with Crippen molar-refractivity contribution >= 4 is 0 Å². The SMILES string of the molecule is COC(c1noc(C(CN)CC(C)C)n1)C(C)(C)C. The molecule has 0 bridgehead atoms. The number of hydrogen-bond acceptors (Lipinski definition) is 5. The molecule has 2 atom stereocenters. The minimum atomic E-state index is -0.178. The lowest BCUT2D eigenvalue weighted by Gasteiger charge is -2.26. The largest absolute Gasteiger partial charge is 0.373 e. The van der Waals surface area contributed by atoms with E-state index in [1.807, 2.05) is 0 Å². The van der Waals surface area contributed by atoms with Crippen molar-refractivity contribution in [3.8, 4) is 0 Å². The van der Waals surface area contributed by atoms with Gasteiger partial charge < -0.3 is 15.0 Å². The maximum Gasteiger partial charge on any atom is 0.231 e. The van der Waals surface area contributed by atoms with Crippen LogP contribution >= 0.6 is 0 Å². The van der Waals surface area contributed by atoms with Gasteiger partial charge in [0.2, 0.25) is 11.7 Å². The van der Waals surface area contributed by atoms with Crippen molar-refractivity contribution in [2.75, 3.05) is 13.7 Å². The molecule has 0 saturated carbocycles. The predicted octanol–water partition coefficient (Wildman–Crippen LogP) is 2.89. The van der Waals surface area contributed by atoms with Gasteiger partial charge in [0.1, 0.15) is 6.10 Å². The maximum absolute atomic E-state index is 5.80. The van der Waals surface area contributed by atoms with E-state index in [-0.39, 0.29) is 17.4 Å². The Bertz CT molecular complexity index is 382. The first-order chi connectivity index (χ1) is 8.79. The highest BCUT2D eigenvalue weighted by atomic mass is 16.5. The van der Waals surface area contributed by atoms with E-state index in [1.54, 1.807) is 7.11 Å². The van der Waals surface area contributed by atoms with Crippen LogP contribution in [0.4, 0.5) is 0 Å². The van der Waals surface area contributed by atoms with Crippen LogP contribution in [-0.4, -0.2) is 23.8 Å². The molecule has 1 heterocycles. The molecule has 0 aliphatic carbocycles. The summed E-state index contributed by atoms with van der Waals surface area (Å²) in [7, 11) is 1.67. The van der Waals surface area contributed by atoms with Crippen molar-refractivity contribution in [1.82, 2.24) is 10.1 Å². The van der Waals surface area contributed by atoms with E-state index in [9.17, 15) is 0 Å². The second kappa shape index (κ2) is 6.48. The lowest BCUT2D eigenvalue weighted by molar-refractivity contribution is 0.00718. The van der Waals surface area contributed by atoms with E-state index in [2.05, 4.69) is 44.8 Å². The first kappa shape index (κ1) is 16.1. The van der Waals surface area contributed by atoms with Crippen LogP contribution < -0.4 is 5.73 Å². The Hall–Kier alpha value is -0.940. The van der Waals surface area contributed by atoms with Gasteiger partial charge in [0.15, 0.2) is 0 Å². The topological polar surface area (TPSA) is 74.2 Å². The summed E-state index contributed by atoms with van der Waals surface area (Å²) in [4.78, 5) is 4.49. The molecule has 0 aromatic carbocycles. The fourth-order valence-corrected chi connectivity index (χ4v) is 2.23. The van der Waals surface area contributed by atoms with E-state index in [0.29, 0.717) is 24.2 Å². The molecule has 1 rings (SSSR count). The summed E-state index contributed by atoms with van der Waals surface area (Å²) in [6.07, 6.45) is 0.771. The maximum atomic E-state index is 5.80. The van der Waals surface area contributed by atoms with Gasteiger partial charge in [0.05, 0.1) is 5.92 Å². The summed E-state index contributed by atoms with van der Waals surface area (Å²) >= 11 is 0. The zero-order valence-electron chi connectivity index (χ0n) is 12.9.